The molecule has 7 nitrogen and oxygen atoms in total. The summed E-state index contributed by atoms with van der Waals surface area (Å²) in [5.74, 6) is -1.09. The first-order valence-electron chi connectivity index (χ1n) is 9.12. The third-order valence-corrected chi connectivity index (χ3v) is 4.53. The zero-order chi connectivity index (χ0) is 21.1. The highest BCUT2D eigenvalue weighted by Gasteiger charge is 2.18. The number of ether oxygens (including phenoxy) is 2. The Labute approximate surface area is 170 Å². The van der Waals surface area contributed by atoms with Gasteiger partial charge in [-0.05, 0) is 35.0 Å². The number of nitrogens with one attached hydrogen (secondary N) is 1. The highest BCUT2D eigenvalue weighted by molar-refractivity contribution is 5.98. The third kappa shape index (κ3) is 3.86. The Kier molecular flexibility index (Phi) is 5.17. The van der Waals surface area contributed by atoms with Crippen molar-refractivity contribution in [3.05, 3.63) is 82.7 Å². The molecule has 1 amide bonds. The van der Waals surface area contributed by atoms with E-state index in [1.54, 1.807) is 24.3 Å². The SMILES string of the molecule is COc1cccc2cc(C(=O)OCC(=O)Nc3ccc4ccccc4c3)c(=O)oc12. The van der Waals surface area contributed by atoms with Gasteiger partial charge < -0.3 is 19.2 Å². The predicted octanol–water partition coefficient (Wildman–Crippen LogP) is 3.75. The monoisotopic (exact) mass is 403 g/mol. The van der Waals surface area contributed by atoms with Gasteiger partial charge in [-0.2, -0.15) is 0 Å². The van der Waals surface area contributed by atoms with Gasteiger partial charge in [-0.25, -0.2) is 9.59 Å². The van der Waals surface area contributed by atoms with E-state index in [0.29, 0.717) is 16.8 Å². The van der Waals surface area contributed by atoms with Crippen LogP contribution in [0, 0.1) is 0 Å². The van der Waals surface area contributed by atoms with Crippen molar-refractivity contribution in [2.45, 2.75) is 0 Å². The molecular weight excluding hydrogens is 386 g/mol. The average Bonchev–Trinajstić information content (AvgIpc) is 2.76. The summed E-state index contributed by atoms with van der Waals surface area (Å²) in [6.45, 7) is -0.540. The number of rotatable bonds is 5. The first kappa shape index (κ1) is 19.2. The molecule has 7 heteroatoms. The summed E-state index contributed by atoms with van der Waals surface area (Å²) >= 11 is 0. The number of esters is 1. The summed E-state index contributed by atoms with van der Waals surface area (Å²) < 4.78 is 15.3. The molecule has 0 radical (unpaired) electrons. The van der Waals surface area contributed by atoms with E-state index in [2.05, 4.69) is 5.32 Å². The minimum absolute atomic E-state index is 0.232. The number of carbonyl (C=O) groups excluding carboxylic acids is 2. The van der Waals surface area contributed by atoms with Crippen molar-refractivity contribution in [1.29, 1.82) is 0 Å². The van der Waals surface area contributed by atoms with Gasteiger partial charge in [0.1, 0.15) is 5.56 Å². The van der Waals surface area contributed by atoms with Crippen molar-refractivity contribution < 1.29 is 23.5 Å². The van der Waals surface area contributed by atoms with E-state index in [9.17, 15) is 14.4 Å². The quantitative estimate of drug-likeness (QED) is 0.403. The zero-order valence-corrected chi connectivity index (χ0v) is 16.0. The first-order valence-corrected chi connectivity index (χ1v) is 9.12. The average molecular weight is 403 g/mol. The number of fused-ring (bicyclic) bond motifs is 2. The van der Waals surface area contributed by atoms with Crippen LogP contribution in [0.3, 0.4) is 0 Å². The van der Waals surface area contributed by atoms with Crippen LogP contribution >= 0.6 is 0 Å². The Morgan fingerprint density at radius 1 is 0.933 bits per heavy atom. The van der Waals surface area contributed by atoms with Crippen LogP contribution in [0.25, 0.3) is 21.7 Å². The Hall–Kier alpha value is -4.13. The molecule has 0 aliphatic heterocycles. The molecule has 0 atom stereocenters. The number of hydrogen-bond acceptors (Lipinski definition) is 6. The standard InChI is InChI=1S/C23H17NO6/c1-28-19-8-4-7-16-12-18(23(27)30-21(16)19)22(26)29-13-20(25)24-17-10-9-14-5-2-3-6-15(14)11-17/h2-12H,13H2,1H3,(H,24,25). The molecule has 0 spiro atoms. The number of para-hydroxylation sites is 1. The molecule has 1 heterocycles. The van der Waals surface area contributed by atoms with Crippen LogP contribution in [-0.2, 0) is 9.53 Å². The highest BCUT2D eigenvalue weighted by atomic mass is 16.5. The predicted molar refractivity (Wildman–Crippen MR) is 112 cm³/mol. The van der Waals surface area contributed by atoms with E-state index in [4.69, 9.17) is 13.9 Å². The summed E-state index contributed by atoms with van der Waals surface area (Å²) in [7, 11) is 1.45. The maximum Gasteiger partial charge on any atom is 0.351 e. The van der Waals surface area contributed by atoms with Gasteiger partial charge in [0.15, 0.2) is 17.9 Å². The topological polar surface area (TPSA) is 94.8 Å². The van der Waals surface area contributed by atoms with Crippen molar-refractivity contribution in [3.63, 3.8) is 0 Å². The lowest BCUT2D eigenvalue weighted by atomic mass is 10.1. The molecule has 0 unspecified atom stereocenters. The lowest BCUT2D eigenvalue weighted by molar-refractivity contribution is -0.119. The molecule has 0 saturated carbocycles. The molecular formula is C23H17NO6. The number of amides is 1. The van der Waals surface area contributed by atoms with Crippen molar-refractivity contribution in [3.8, 4) is 5.75 Å². The third-order valence-electron chi connectivity index (χ3n) is 4.53. The highest BCUT2D eigenvalue weighted by Crippen LogP contribution is 2.24. The van der Waals surface area contributed by atoms with Crippen LogP contribution in [0.5, 0.6) is 5.75 Å². The Morgan fingerprint density at radius 3 is 2.50 bits per heavy atom. The van der Waals surface area contributed by atoms with Crippen LogP contribution in [0.1, 0.15) is 10.4 Å². The molecule has 0 saturated heterocycles. The lowest BCUT2D eigenvalue weighted by Gasteiger charge is -2.08. The molecule has 4 aromatic rings. The van der Waals surface area contributed by atoms with Crippen LogP contribution in [-0.4, -0.2) is 25.6 Å². The molecule has 0 fully saturated rings. The van der Waals surface area contributed by atoms with Crippen molar-refractivity contribution in [2.75, 3.05) is 19.0 Å². The Morgan fingerprint density at radius 2 is 1.70 bits per heavy atom. The second-order valence-electron chi connectivity index (χ2n) is 6.51. The van der Waals surface area contributed by atoms with E-state index >= 15 is 0 Å². The minimum atomic E-state index is -0.942. The van der Waals surface area contributed by atoms with Gasteiger partial charge in [-0.1, -0.05) is 42.5 Å². The molecule has 150 valence electrons. The largest absolute Gasteiger partial charge is 0.493 e. The normalized spacial score (nSPS) is 10.7. The zero-order valence-electron chi connectivity index (χ0n) is 16.0. The molecule has 1 N–H and O–H groups in total. The van der Waals surface area contributed by atoms with E-state index in [-0.39, 0.29) is 11.1 Å². The van der Waals surface area contributed by atoms with Crippen LogP contribution in [0.2, 0.25) is 0 Å². The summed E-state index contributed by atoms with van der Waals surface area (Å²) in [6, 6.07) is 19.6. The number of carbonyl (C=O) groups is 2. The van der Waals surface area contributed by atoms with Gasteiger partial charge in [0.05, 0.1) is 7.11 Å². The van der Waals surface area contributed by atoms with Crippen molar-refractivity contribution >= 4 is 39.3 Å². The van der Waals surface area contributed by atoms with Gasteiger partial charge in [0.25, 0.3) is 5.91 Å². The van der Waals surface area contributed by atoms with E-state index in [0.717, 1.165) is 10.8 Å². The van der Waals surface area contributed by atoms with Gasteiger partial charge in [0, 0.05) is 11.1 Å². The van der Waals surface area contributed by atoms with Crippen molar-refractivity contribution in [2.24, 2.45) is 0 Å². The fraction of sp³-hybridized carbons (Fsp3) is 0.0870. The molecule has 0 aliphatic rings. The summed E-state index contributed by atoms with van der Waals surface area (Å²) in [5.41, 5.74) is -0.358. The van der Waals surface area contributed by atoms with Gasteiger partial charge >= 0.3 is 11.6 Å². The fourth-order valence-electron chi connectivity index (χ4n) is 3.09. The molecule has 0 bridgehead atoms. The second kappa shape index (κ2) is 8.08. The van der Waals surface area contributed by atoms with E-state index < -0.39 is 24.1 Å². The van der Waals surface area contributed by atoms with Gasteiger partial charge in [0.2, 0.25) is 0 Å². The smallest absolute Gasteiger partial charge is 0.351 e. The molecule has 3 aromatic carbocycles. The molecule has 30 heavy (non-hydrogen) atoms. The van der Waals surface area contributed by atoms with E-state index in [1.807, 2.05) is 36.4 Å². The van der Waals surface area contributed by atoms with Gasteiger partial charge in [-0.3, -0.25) is 4.79 Å². The molecule has 1 aromatic heterocycles. The summed E-state index contributed by atoms with van der Waals surface area (Å²) in [6.07, 6.45) is 0. The number of hydrogen-bond donors (Lipinski definition) is 1. The molecule has 0 aliphatic carbocycles. The summed E-state index contributed by atoms with van der Waals surface area (Å²) in [5, 5.41) is 5.18. The Balaban J connectivity index is 1.45. The van der Waals surface area contributed by atoms with Crippen LogP contribution < -0.4 is 15.7 Å². The van der Waals surface area contributed by atoms with Crippen LogP contribution in [0.4, 0.5) is 5.69 Å². The fourth-order valence-corrected chi connectivity index (χ4v) is 3.09. The molecule has 4 rings (SSSR count). The maximum absolute atomic E-state index is 12.3. The summed E-state index contributed by atoms with van der Waals surface area (Å²) in [4.78, 5) is 36.6. The number of benzene rings is 3. The first-order chi connectivity index (χ1) is 14.5. The van der Waals surface area contributed by atoms with E-state index in [1.165, 1.54) is 13.2 Å². The lowest BCUT2D eigenvalue weighted by Crippen LogP contribution is -2.23. The van der Waals surface area contributed by atoms with Crippen LogP contribution in [0.15, 0.2) is 75.9 Å². The maximum atomic E-state index is 12.3. The Bertz CT molecular complexity index is 1320. The second-order valence-corrected chi connectivity index (χ2v) is 6.51. The minimum Gasteiger partial charge on any atom is -0.493 e. The van der Waals surface area contributed by atoms with Crippen molar-refractivity contribution in [1.82, 2.24) is 0 Å². The number of anilines is 1. The van der Waals surface area contributed by atoms with Gasteiger partial charge in [-0.15, -0.1) is 0 Å². The number of methoxy groups -OCH3 is 1.